The van der Waals surface area contributed by atoms with Crippen molar-refractivity contribution in [3.63, 3.8) is 0 Å². The van der Waals surface area contributed by atoms with Crippen molar-refractivity contribution in [2.75, 3.05) is 0 Å². The summed E-state index contributed by atoms with van der Waals surface area (Å²) < 4.78 is 8.37. The lowest BCUT2D eigenvalue weighted by Gasteiger charge is -2.06. The summed E-state index contributed by atoms with van der Waals surface area (Å²) in [6.45, 7) is 2.15. The van der Waals surface area contributed by atoms with Crippen molar-refractivity contribution < 1.29 is 4.52 Å². The Kier molecular flexibility index (Phi) is 5.51. The summed E-state index contributed by atoms with van der Waals surface area (Å²) in [6, 6.07) is 8.13. The van der Waals surface area contributed by atoms with Gasteiger partial charge in [-0.2, -0.15) is 4.98 Å². The molecule has 0 fully saturated rings. The van der Waals surface area contributed by atoms with Crippen LogP contribution in [0.4, 0.5) is 0 Å². The van der Waals surface area contributed by atoms with Crippen LogP contribution in [0.2, 0.25) is 0 Å². The fourth-order valence-corrected chi connectivity index (χ4v) is 3.18. The highest BCUT2D eigenvalue weighted by atomic mass is 79.9. The largest absolute Gasteiger partial charge is 0.339 e. The molecule has 0 saturated heterocycles. The maximum atomic E-state index is 5.26. The molecule has 3 rings (SSSR count). The lowest BCUT2D eigenvalue weighted by atomic mass is 10.2. The molecule has 0 N–H and O–H groups in total. The van der Waals surface area contributed by atoms with Gasteiger partial charge in [0.05, 0.1) is 5.75 Å². The molecule has 0 unspecified atom stereocenters. The number of halogens is 1. The molecule has 1 aromatic carbocycles. The fraction of sp³-hybridized carbons (Fsp3) is 0.312. The van der Waals surface area contributed by atoms with Crippen LogP contribution >= 0.6 is 27.7 Å². The summed E-state index contributed by atoms with van der Waals surface area (Å²) in [5, 5.41) is 4.94. The Labute approximate surface area is 147 Å². The number of hydrogen-bond donors (Lipinski definition) is 0. The number of aryl methyl sites for hydroxylation is 1. The Morgan fingerprint density at radius 3 is 2.87 bits per heavy atom. The molecule has 0 atom stereocenters. The molecular weight excluding hydrogens is 376 g/mol. The van der Waals surface area contributed by atoms with Gasteiger partial charge in [-0.25, -0.2) is 4.98 Å². The molecule has 3 aromatic rings. The number of benzene rings is 1. The van der Waals surface area contributed by atoms with E-state index in [1.54, 1.807) is 18.0 Å². The lowest BCUT2D eigenvalue weighted by molar-refractivity contribution is 0.371. The molecule has 0 amide bonds. The molecule has 23 heavy (non-hydrogen) atoms. The molecule has 2 heterocycles. The van der Waals surface area contributed by atoms with Gasteiger partial charge in [-0.1, -0.05) is 46.2 Å². The number of imidazole rings is 1. The Hall–Kier alpha value is -1.60. The molecule has 0 spiro atoms. The minimum Gasteiger partial charge on any atom is -0.339 e. The summed E-state index contributed by atoms with van der Waals surface area (Å²) in [6.07, 6.45) is 6.79. The minimum atomic E-state index is 0.642. The van der Waals surface area contributed by atoms with E-state index in [0.29, 0.717) is 11.6 Å². The van der Waals surface area contributed by atoms with E-state index in [-0.39, 0.29) is 0 Å². The summed E-state index contributed by atoms with van der Waals surface area (Å²) in [4.78, 5) is 8.83. The molecule has 0 saturated carbocycles. The van der Waals surface area contributed by atoms with Gasteiger partial charge in [0.1, 0.15) is 0 Å². The van der Waals surface area contributed by atoms with E-state index in [1.807, 2.05) is 30.5 Å². The maximum Gasteiger partial charge on any atom is 0.226 e. The Bertz CT molecular complexity index is 754. The highest BCUT2D eigenvalue weighted by molar-refractivity contribution is 9.10. The van der Waals surface area contributed by atoms with E-state index in [2.05, 4.69) is 42.5 Å². The number of thioether (sulfide) groups is 1. The van der Waals surface area contributed by atoms with E-state index in [1.165, 1.54) is 0 Å². The molecule has 0 radical (unpaired) electrons. The van der Waals surface area contributed by atoms with Gasteiger partial charge in [-0.3, -0.25) is 4.57 Å². The smallest absolute Gasteiger partial charge is 0.226 e. The quantitative estimate of drug-likeness (QED) is 0.547. The van der Waals surface area contributed by atoms with Crippen molar-refractivity contribution in [2.45, 2.75) is 37.1 Å². The molecule has 5 nitrogen and oxygen atoms in total. The second kappa shape index (κ2) is 7.79. The van der Waals surface area contributed by atoms with Gasteiger partial charge in [0.2, 0.25) is 5.89 Å². The fourth-order valence-electron chi connectivity index (χ4n) is 2.10. The highest BCUT2D eigenvalue weighted by Crippen LogP contribution is 2.24. The van der Waals surface area contributed by atoms with Gasteiger partial charge in [0.15, 0.2) is 11.0 Å². The lowest BCUT2D eigenvalue weighted by Crippen LogP contribution is -1.95. The average Bonchev–Trinajstić information content (AvgIpc) is 3.21. The first-order valence-electron chi connectivity index (χ1n) is 7.50. The second-order valence-corrected chi connectivity index (χ2v) is 6.91. The van der Waals surface area contributed by atoms with Gasteiger partial charge in [0.25, 0.3) is 0 Å². The number of hydrogen-bond acceptors (Lipinski definition) is 5. The third kappa shape index (κ3) is 4.23. The SMILES string of the molecule is CCCCc1nc(CSc2nccn2-c2ccc(Br)cc2)no1. The second-order valence-electron chi connectivity index (χ2n) is 5.05. The number of unbranched alkanes of at least 4 members (excludes halogenated alkanes) is 1. The van der Waals surface area contributed by atoms with E-state index >= 15 is 0 Å². The van der Waals surface area contributed by atoms with Crippen LogP contribution in [-0.2, 0) is 12.2 Å². The topological polar surface area (TPSA) is 56.7 Å². The van der Waals surface area contributed by atoms with Crippen LogP contribution in [0.15, 0.2) is 50.8 Å². The maximum absolute atomic E-state index is 5.26. The highest BCUT2D eigenvalue weighted by Gasteiger charge is 2.10. The van der Waals surface area contributed by atoms with E-state index in [9.17, 15) is 0 Å². The van der Waals surface area contributed by atoms with Gasteiger partial charge >= 0.3 is 0 Å². The first kappa shape index (κ1) is 16.3. The first-order valence-corrected chi connectivity index (χ1v) is 9.27. The summed E-state index contributed by atoms with van der Waals surface area (Å²) in [5.41, 5.74) is 1.07. The zero-order valence-electron chi connectivity index (χ0n) is 12.8. The zero-order valence-corrected chi connectivity index (χ0v) is 15.2. The van der Waals surface area contributed by atoms with Crippen molar-refractivity contribution in [1.82, 2.24) is 19.7 Å². The average molecular weight is 393 g/mol. The van der Waals surface area contributed by atoms with Gasteiger partial charge in [-0.15, -0.1) is 0 Å². The molecule has 7 heteroatoms. The predicted molar refractivity (Wildman–Crippen MR) is 93.7 cm³/mol. The Morgan fingerprint density at radius 2 is 2.09 bits per heavy atom. The summed E-state index contributed by atoms with van der Waals surface area (Å²) in [7, 11) is 0. The van der Waals surface area contributed by atoms with Gasteiger partial charge in [0, 0.05) is 29.0 Å². The molecule has 0 aliphatic heterocycles. The van der Waals surface area contributed by atoms with Crippen LogP contribution in [0.5, 0.6) is 0 Å². The number of aromatic nitrogens is 4. The number of nitrogens with zero attached hydrogens (tertiary/aromatic N) is 4. The third-order valence-electron chi connectivity index (χ3n) is 3.30. The van der Waals surface area contributed by atoms with Gasteiger partial charge in [-0.05, 0) is 30.7 Å². The van der Waals surface area contributed by atoms with Crippen LogP contribution in [0.1, 0.15) is 31.5 Å². The standard InChI is InChI=1S/C16H17BrN4OS/c1-2-3-4-15-19-14(20-22-15)11-23-16-18-9-10-21(16)13-7-5-12(17)6-8-13/h5-10H,2-4,11H2,1H3. The van der Waals surface area contributed by atoms with E-state index in [0.717, 1.165) is 40.5 Å². The Morgan fingerprint density at radius 1 is 1.26 bits per heavy atom. The van der Waals surface area contributed by atoms with Crippen LogP contribution < -0.4 is 0 Å². The predicted octanol–water partition coefficient (Wildman–Crippen LogP) is 4.65. The monoisotopic (exact) mass is 392 g/mol. The van der Waals surface area contributed by atoms with Crippen molar-refractivity contribution in [2.24, 2.45) is 0 Å². The van der Waals surface area contributed by atoms with Crippen LogP contribution in [-0.4, -0.2) is 19.7 Å². The normalized spacial score (nSPS) is 11.0. The summed E-state index contributed by atoms with van der Waals surface area (Å²) in [5.74, 6) is 2.08. The number of rotatable bonds is 7. The molecule has 0 bridgehead atoms. The van der Waals surface area contributed by atoms with Crippen molar-refractivity contribution in [1.29, 1.82) is 0 Å². The van der Waals surface area contributed by atoms with E-state index < -0.39 is 0 Å². The van der Waals surface area contributed by atoms with E-state index in [4.69, 9.17) is 4.52 Å². The molecule has 0 aliphatic rings. The van der Waals surface area contributed by atoms with Crippen molar-refractivity contribution >= 4 is 27.7 Å². The molecule has 120 valence electrons. The third-order valence-corrected chi connectivity index (χ3v) is 4.79. The molecule has 0 aliphatic carbocycles. The van der Waals surface area contributed by atoms with Crippen LogP contribution in [0.3, 0.4) is 0 Å². The van der Waals surface area contributed by atoms with Crippen LogP contribution in [0.25, 0.3) is 5.69 Å². The zero-order chi connectivity index (χ0) is 16.1. The van der Waals surface area contributed by atoms with Crippen LogP contribution in [0, 0.1) is 0 Å². The van der Waals surface area contributed by atoms with Crippen molar-refractivity contribution in [3.8, 4) is 5.69 Å². The molecule has 2 aromatic heterocycles. The van der Waals surface area contributed by atoms with Gasteiger partial charge < -0.3 is 4.52 Å². The van der Waals surface area contributed by atoms with Crippen molar-refractivity contribution in [3.05, 3.63) is 52.8 Å². The molecular formula is C16H17BrN4OS. The minimum absolute atomic E-state index is 0.642. The summed E-state index contributed by atoms with van der Waals surface area (Å²) >= 11 is 5.05. The first-order chi connectivity index (χ1) is 11.3. The Balaban J connectivity index is 1.66.